The molecule has 0 N–H and O–H groups in total. The van der Waals surface area contributed by atoms with Gasteiger partial charge in [0, 0.05) is 44.7 Å². The topological polar surface area (TPSA) is 56.8 Å². The quantitative estimate of drug-likeness (QED) is 0.462. The molecule has 7 rings (SSSR count). The number of aromatic nitrogens is 1. The number of carbonyl (C=O) groups is 2. The number of nitrogens with zero attached hydrogens (tertiary/aromatic N) is 4. The van der Waals surface area contributed by atoms with Crippen molar-refractivity contribution in [3.8, 4) is 0 Å². The van der Waals surface area contributed by atoms with Gasteiger partial charge in [-0.2, -0.15) is 4.37 Å². The lowest BCUT2D eigenvalue weighted by molar-refractivity contribution is -0.140. The Hall–Kier alpha value is -2.25. The van der Waals surface area contributed by atoms with Gasteiger partial charge in [0.05, 0.1) is 16.5 Å². The van der Waals surface area contributed by atoms with E-state index in [9.17, 15) is 9.59 Å². The molecule has 4 atom stereocenters. The number of imide groups is 1. The van der Waals surface area contributed by atoms with Gasteiger partial charge >= 0.3 is 0 Å². The number of amides is 2. The van der Waals surface area contributed by atoms with Crippen molar-refractivity contribution >= 4 is 39.3 Å². The zero-order chi connectivity index (χ0) is 23.5. The number of hydrogen-bond acceptors (Lipinski definition) is 6. The van der Waals surface area contributed by atoms with Crippen molar-refractivity contribution in [2.75, 3.05) is 44.2 Å². The predicted octanol–water partition coefficient (Wildman–Crippen LogP) is 4.32. The first-order valence-electron chi connectivity index (χ1n) is 13.5. The fourth-order valence-corrected chi connectivity index (χ4v) is 8.51. The molecule has 4 fully saturated rings. The molecular weight excluding hydrogens is 456 g/mol. The minimum atomic E-state index is 0.00348. The largest absolute Gasteiger partial charge is 0.353 e. The molecule has 2 saturated carbocycles. The molecule has 184 valence electrons. The molecule has 35 heavy (non-hydrogen) atoms. The summed E-state index contributed by atoms with van der Waals surface area (Å²) in [5.41, 5.74) is 2.86. The van der Waals surface area contributed by atoms with Crippen LogP contribution in [-0.2, 0) is 9.59 Å². The Morgan fingerprint density at radius 3 is 2.23 bits per heavy atom. The number of piperazine rings is 1. The molecule has 7 heteroatoms. The lowest BCUT2D eigenvalue weighted by atomic mass is 9.81. The summed E-state index contributed by atoms with van der Waals surface area (Å²) in [4.78, 5) is 33.2. The number of rotatable bonds is 5. The molecule has 1 aromatic carbocycles. The molecule has 2 saturated heterocycles. The van der Waals surface area contributed by atoms with E-state index < -0.39 is 0 Å². The number of hydrogen-bond donors (Lipinski definition) is 0. The van der Waals surface area contributed by atoms with Crippen LogP contribution < -0.4 is 4.90 Å². The Kier molecular flexibility index (Phi) is 5.46. The standard InChI is InChI=1S/C28H34N4O2S/c33-27-24-18-9-10-19(15-18)25(24)28(34)32(27)17-21-6-2-1-5-20(21)16-30-11-13-31(14-12-30)26-22-7-3-4-8-23(22)35-29-26/h3-4,7-8,18-19,24-25H,1-2,5-6,9-17H2/t18-,19+,24+,25-. The van der Waals surface area contributed by atoms with Crippen molar-refractivity contribution in [3.05, 3.63) is 35.4 Å². The summed E-state index contributed by atoms with van der Waals surface area (Å²) in [6.45, 7) is 5.58. The van der Waals surface area contributed by atoms with Crippen molar-refractivity contribution in [1.82, 2.24) is 14.2 Å². The molecule has 2 amide bonds. The minimum Gasteiger partial charge on any atom is -0.353 e. The average molecular weight is 491 g/mol. The van der Waals surface area contributed by atoms with Crippen LogP contribution in [-0.4, -0.2) is 65.3 Å². The van der Waals surface area contributed by atoms with Crippen LogP contribution in [0.4, 0.5) is 5.82 Å². The zero-order valence-electron chi connectivity index (χ0n) is 20.3. The Labute approximate surface area is 211 Å². The highest BCUT2D eigenvalue weighted by Gasteiger charge is 2.60. The van der Waals surface area contributed by atoms with Crippen molar-refractivity contribution in [1.29, 1.82) is 0 Å². The van der Waals surface area contributed by atoms with E-state index in [2.05, 4.69) is 34.1 Å². The smallest absolute Gasteiger partial charge is 0.233 e. The molecule has 1 aromatic heterocycles. The van der Waals surface area contributed by atoms with Gasteiger partial charge in [-0.3, -0.25) is 19.4 Å². The van der Waals surface area contributed by atoms with Crippen LogP contribution in [0.3, 0.4) is 0 Å². The molecular formula is C28H34N4O2S. The second-order valence-electron chi connectivity index (χ2n) is 11.3. The van der Waals surface area contributed by atoms with Gasteiger partial charge in [-0.1, -0.05) is 17.7 Å². The summed E-state index contributed by atoms with van der Waals surface area (Å²) in [6.07, 6.45) is 7.96. The van der Waals surface area contributed by atoms with Crippen LogP contribution >= 0.6 is 11.5 Å². The summed E-state index contributed by atoms with van der Waals surface area (Å²) in [5, 5.41) is 1.27. The van der Waals surface area contributed by atoms with E-state index >= 15 is 0 Å². The van der Waals surface area contributed by atoms with Crippen LogP contribution in [0.25, 0.3) is 10.1 Å². The molecule has 6 nitrogen and oxygen atoms in total. The fraction of sp³-hybridized carbons (Fsp3) is 0.607. The molecule has 3 aliphatic carbocycles. The van der Waals surface area contributed by atoms with Crippen molar-refractivity contribution < 1.29 is 9.59 Å². The second kappa shape index (κ2) is 8.70. The van der Waals surface area contributed by atoms with Gasteiger partial charge in [0.1, 0.15) is 5.82 Å². The third-order valence-corrected chi connectivity index (χ3v) is 10.3. The highest BCUT2D eigenvalue weighted by atomic mass is 32.1. The molecule has 2 aliphatic heterocycles. The normalized spacial score (nSPS) is 31.3. The van der Waals surface area contributed by atoms with Gasteiger partial charge in [0.2, 0.25) is 11.8 Å². The second-order valence-corrected chi connectivity index (χ2v) is 12.1. The van der Waals surface area contributed by atoms with Gasteiger partial charge in [-0.15, -0.1) is 0 Å². The molecule has 2 bridgehead atoms. The first-order chi connectivity index (χ1) is 17.2. The highest BCUT2D eigenvalue weighted by molar-refractivity contribution is 7.13. The summed E-state index contributed by atoms with van der Waals surface area (Å²) in [7, 11) is 0. The summed E-state index contributed by atoms with van der Waals surface area (Å²) in [5.74, 6) is 2.37. The average Bonchev–Trinajstić information content (AvgIpc) is 3.66. The first-order valence-corrected chi connectivity index (χ1v) is 14.3. The van der Waals surface area contributed by atoms with Crippen LogP contribution in [0.1, 0.15) is 44.9 Å². The van der Waals surface area contributed by atoms with Gasteiger partial charge in [0.15, 0.2) is 0 Å². The van der Waals surface area contributed by atoms with Crippen molar-refractivity contribution in [2.24, 2.45) is 23.7 Å². The molecule has 0 unspecified atom stereocenters. The van der Waals surface area contributed by atoms with E-state index in [4.69, 9.17) is 4.37 Å². The lowest BCUT2D eigenvalue weighted by Crippen LogP contribution is -2.47. The van der Waals surface area contributed by atoms with Gasteiger partial charge in [-0.05, 0) is 86.0 Å². The summed E-state index contributed by atoms with van der Waals surface area (Å²) >= 11 is 1.59. The zero-order valence-corrected chi connectivity index (χ0v) is 21.1. The maximum atomic E-state index is 13.3. The number of anilines is 1. The van der Waals surface area contributed by atoms with E-state index in [1.165, 1.54) is 34.1 Å². The highest BCUT2D eigenvalue weighted by Crippen LogP contribution is 2.56. The van der Waals surface area contributed by atoms with E-state index in [1.807, 2.05) is 0 Å². The predicted molar refractivity (Wildman–Crippen MR) is 138 cm³/mol. The maximum Gasteiger partial charge on any atom is 0.233 e. The van der Waals surface area contributed by atoms with Gasteiger partial charge in [0.25, 0.3) is 0 Å². The lowest BCUT2D eigenvalue weighted by Gasteiger charge is -2.36. The number of likely N-dealkylation sites (tertiary alicyclic amines) is 1. The van der Waals surface area contributed by atoms with Gasteiger partial charge < -0.3 is 4.90 Å². The van der Waals surface area contributed by atoms with Crippen molar-refractivity contribution in [3.63, 3.8) is 0 Å². The molecule has 3 heterocycles. The number of carbonyl (C=O) groups excluding carboxylic acids is 2. The third kappa shape index (κ3) is 3.65. The van der Waals surface area contributed by atoms with E-state index in [1.54, 1.807) is 16.4 Å². The Balaban J connectivity index is 1.03. The van der Waals surface area contributed by atoms with E-state index in [0.717, 1.165) is 70.6 Å². The Bertz CT molecular complexity index is 1170. The third-order valence-electron chi connectivity index (χ3n) is 9.52. The van der Waals surface area contributed by atoms with Crippen LogP contribution in [0.15, 0.2) is 35.4 Å². The summed E-state index contributed by atoms with van der Waals surface area (Å²) in [6, 6.07) is 8.51. The van der Waals surface area contributed by atoms with Crippen LogP contribution in [0.5, 0.6) is 0 Å². The SMILES string of the molecule is O=C1[C@@H]2[C@H]3CC[C@H](C3)[C@@H]2C(=O)N1CC1=C(CN2CCN(c3nsc4ccccc34)CC2)CCCC1. The molecule has 0 spiro atoms. The van der Waals surface area contributed by atoms with Crippen LogP contribution in [0.2, 0.25) is 0 Å². The van der Waals surface area contributed by atoms with Gasteiger partial charge in [-0.25, -0.2) is 0 Å². The maximum absolute atomic E-state index is 13.3. The molecule has 0 radical (unpaired) electrons. The van der Waals surface area contributed by atoms with Crippen molar-refractivity contribution in [2.45, 2.75) is 44.9 Å². The fourth-order valence-electron chi connectivity index (χ4n) is 7.72. The Morgan fingerprint density at radius 2 is 1.51 bits per heavy atom. The monoisotopic (exact) mass is 490 g/mol. The summed E-state index contributed by atoms with van der Waals surface area (Å²) < 4.78 is 6.01. The molecule has 5 aliphatic rings. The number of fused-ring (bicyclic) bond motifs is 6. The first kappa shape index (κ1) is 22.0. The van der Waals surface area contributed by atoms with E-state index in [-0.39, 0.29) is 23.7 Å². The minimum absolute atomic E-state index is 0.00348. The number of benzene rings is 1. The Morgan fingerprint density at radius 1 is 0.857 bits per heavy atom. The van der Waals surface area contributed by atoms with E-state index in [0.29, 0.717) is 18.4 Å². The molecule has 2 aromatic rings. The van der Waals surface area contributed by atoms with Crippen LogP contribution in [0, 0.1) is 23.7 Å².